The number of nitriles is 2. The quantitative estimate of drug-likeness (QED) is 0.789. The molecule has 2 rings (SSSR count). The van der Waals surface area contributed by atoms with Crippen LogP contribution in [0.5, 0.6) is 0 Å². The van der Waals surface area contributed by atoms with Gasteiger partial charge in [0, 0.05) is 0 Å². The zero-order valence-corrected chi connectivity index (χ0v) is 11.6. The Morgan fingerprint density at radius 1 is 0.750 bits per heavy atom. The molecule has 0 saturated carbocycles. The summed E-state index contributed by atoms with van der Waals surface area (Å²) in [6.07, 6.45) is 0. The normalized spacial score (nSPS) is 9.80. The van der Waals surface area contributed by atoms with E-state index in [1.54, 1.807) is 6.07 Å². The van der Waals surface area contributed by atoms with Gasteiger partial charge in [-0.3, -0.25) is 0 Å². The van der Waals surface area contributed by atoms with Crippen molar-refractivity contribution >= 4 is 13.2 Å². The predicted molar refractivity (Wildman–Crippen MR) is 81.1 cm³/mol. The SMILES string of the molecule is C=c1c(C#N)ccc(-c2ccc(C#N)c(C)c2C)c1=C. The topological polar surface area (TPSA) is 47.6 Å². The Morgan fingerprint density at radius 3 is 1.90 bits per heavy atom. The zero-order valence-electron chi connectivity index (χ0n) is 11.6. The van der Waals surface area contributed by atoms with E-state index in [0.29, 0.717) is 16.3 Å². The van der Waals surface area contributed by atoms with E-state index in [9.17, 15) is 0 Å². The Labute approximate surface area is 118 Å². The highest BCUT2D eigenvalue weighted by molar-refractivity contribution is 5.71. The largest absolute Gasteiger partial charge is 0.192 e. The molecule has 0 fully saturated rings. The van der Waals surface area contributed by atoms with Crippen molar-refractivity contribution in [2.45, 2.75) is 13.8 Å². The van der Waals surface area contributed by atoms with Crippen LogP contribution in [0.1, 0.15) is 22.3 Å². The summed E-state index contributed by atoms with van der Waals surface area (Å²) in [6, 6.07) is 11.7. The fourth-order valence-electron chi connectivity index (χ4n) is 2.28. The standard InChI is InChI=1S/C18H14N2/c1-11-13(3)17(7-5-15(11)9-19)18-8-6-16(10-20)12(2)14(18)4/h5-8H,1,3H2,2,4H3. The van der Waals surface area contributed by atoms with Crippen molar-refractivity contribution in [2.75, 3.05) is 0 Å². The summed E-state index contributed by atoms with van der Waals surface area (Å²) in [7, 11) is 0. The van der Waals surface area contributed by atoms with E-state index in [1.165, 1.54) is 0 Å². The zero-order chi connectivity index (χ0) is 14.9. The molecule has 2 aromatic carbocycles. The van der Waals surface area contributed by atoms with Crippen molar-refractivity contribution in [3.8, 4) is 23.3 Å². The highest BCUT2D eigenvalue weighted by atomic mass is 14.3. The molecule has 2 heteroatoms. The smallest absolute Gasteiger partial charge is 0.0997 e. The van der Waals surface area contributed by atoms with Crippen molar-refractivity contribution in [1.82, 2.24) is 0 Å². The first kappa shape index (κ1) is 13.6. The Kier molecular flexibility index (Phi) is 3.42. The lowest BCUT2D eigenvalue weighted by molar-refractivity contribution is 1.30. The van der Waals surface area contributed by atoms with Crippen molar-refractivity contribution in [3.05, 3.63) is 57.0 Å². The lowest BCUT2D eigenvalue weighted by Crippen LogP contribution is -2.27. The van der Waals surface area contributed by atoms with Gasteiger partial charge in [-0.15, -0.1) is 0 Å². The van der Waals surface area contributed by atoms with E-state index >= 15 is 0 Å². The molecule has 2 aromatic rings. The summed E-state index contributed by atoms with van der Waals surface area (Å²) < 4.78 is 0. The highest BCUT2D eigenvalue weighted by Crippen LogP contribution is 2.24. The van der Waals surface area contributed by atoms with Crippen LogP contribution in [0, 0.1) is 36.5 Å². The van der Waals surface area contributed by atoms with Gasteiger partial charge in [0.25, 0.3) is 0 Å². The Bertz CT molecular complexity index is 878. The summed E-state index contributed by atoms with van der Waals surface area (Å²) in [5, 5.41) is 19.5. The second-order valence-corrected chi connectivity index (χ2v) is 4.75. The molecule has 0 heterocycles. The molecule has 0 atom stereocenters. The molecule has 0 saturated heterocycles. The van der Waals surface area contributed by atoms with Gasteiger partial charge < -0.3 is 0 Å². The average Bonchev–Trinajstić information content (AvgIpc) is 2.45. The number of nitrogens with zero attached hydrogens (tertiary/aromatic N) is 2. The van der Waals surface area contributed by atoms with Crippen molar-refractivity contribution in [1.29, 1.82) is 10.5 Å². The van der Waals surface area contributed by atoms with E-state index in [-0.39, 0.29) is 0 Å². The minimum Gasteiger partial charge on any atom is -0.192 e. The van der Waals surface area contributed by atoms with Gasteiger partial charge >= 0.3 is 0 Å². The first-order valence-corrected chi connectivity index (χ1v) is 6.23. The molecule has 0 unspecified atom stereocenters. The van der Waals surface area contributed by atoms with Crippen LogP contribution in [0.2, 0.25) is 0 Å². The van der Waals surface area contributed by atoms with Gasteiger partial charge in [-0.25, -0.2) is 0 Å². The van der Waals surface area contributed by atoms with Crippen LogP contribution in [-0.2, 0) is 0 Å². The first-order chi connectivity index (χ1) is 9.51. The molecule has 0 aliphatic rings. The van der Waals surface area contributed by atoms with E-state index in [4.69, 9.17) is 10.5 Å². The maximum atomic E-state index is 9.06. The van der Waals surface area contributed by atoms with E-state index in [1.807, 2.05) is 32.0 Å². The minimum atomic E-state index is 0.543. The summed E-state index contributed by atoms with van der Waals surface area (Å²) in [6.45, 7) is 11.9. The lowest BCUT2D eigenvalue weighted by atomic mass is 9.92. The fourth-order valence-corrected chi connectivity index (χ4v) is 2.28. The molecule has 96 valence electrons. The van der Waals surface area contributed by atoms with Gasteiger partial charge in [-0.2, -0.15) is 10.5 Å². The maximum absolute atomic E-state index is 9.06. The third-order valence-corrected chi connectivity index (χ3v) is 3.75. The molecular weight excluding hydrogens is 244 g/mol. The van der Waals surface area contributed by atoms with Crippen molar-refractivity contribution in [3.63, 3.8) is 0 Å². The van der Waals surface area contributed by atoms with Gasteiger partial charge in [-0.1, -0.05) is 25.3 Å². The molecule has 0 bridgehead atoms. The van der Waals surface area contributed by atoms with E-state index in [0.717, 1.165) is 27.5 Å². The fraction of sp³-hybridized carbons (Fsp3) is 0.111. The molecule has 0 N–H and O–H groups in total. The lowest BCUT2D eigenvalue weighted by Gasteiger charge is -2.11. The van der Waals surface area contributed by atoms with Crippen molar-refractivity contribution < 1.29 is 0 Å². The Morgan fingerprint density at radius 2 is 1.30 bits per heavy atom. The number of rotatable bonds is 1. The molecule has 0 radical (unpaired) electrons. The van der Waals surface area contributed by atoms with Crippen LogP contribution in [0.25, 0.3) is 24.3 Å². The van der Waals surface area contributed by atoms with Crippen LogP contribution >= 0.6 is 0 Å². The van der Waals surface area contributed by atoms with Gasteiger partial charge in [0.2, 0.25) is 0 Å². The number of hydrogen-bond acceptors (Lipinski definition) is 2. The van der Waals surface area contributed by atoms with Gasteiger partial charge in [-0.05, 0) is 58.7 Å². The molecule has 0 aromatic heterocycles. The van der Waals surface area contributed by atoms with Crippen LogP contribution in [0.4, 0.5) is 0 Å². The molecule has 0 amide bonds. The van der Waals surface area contributed by atoms with Gasteiger partial charge in [0.05, 0.1) is 23.3 Å². The molecule has 0 aliphatic heterocycles. The Balaban J connectivity index is 2.79. The molecular formula is C18H14N2. The summed E-state index contributed by atoms with van der Waals surface area (Å²) in [5.74, 6) is 0. The van der Waals surface area contributed by atoms with Crippen LogP contribution < -0.4 is 10.4 Å². The highest BCUT2D eigenvalue weighted by Gasteiger charge is 2.09. The molecule has 2 nitrogen and oxygen atoms in total. The number of hydrogen-bond donors (Lipinski definition) is 0. The third kappa shape index (κ3) is 1.98. The second-order valence-electron chi connectivity index (χ2n) is 4.75. The third-order valence-electron chi connectivity index (χ3n) is 3.75. The predicted octanol–water partition coefficient (Wildman–Crippen LogP) is 2.53. The van der Waals surface area contributed by atoms with Gasteiger partial charge in [0.1, 0.15) is 0 Å². The summed E-state index contributed by atoms with van der Waals surface area (Å²) in [5.41, 5.74) is 5.24. The van der Waals surface area contributed by atoms with Crippen molar-refractivity contribution in [2.24, 2.45) is 0 Å². The maximum Gasteiger partial charge on any atom is 0.0997 e. The Hall–Kier alpha value is -2.84. The van der Waals surface area contributed by atoms with E-state index in [2.05, 4.69) is 25.3 Å². The van der Waals surface area contributed by atoms with Crippen LogP contribution in [-0.4, -0.2) is 0 Å². The molecule has 0 aliphatic carbocycles. The first-order valence-electron chi connectivity index (χ1n) is 6.23. The van der Waals surface area contributed by atoms with Crippen LogP contribution in [0.15, 0.2) is 24.3 Å². The summed E-state index contributed by atoms with van der Waals surface area (Å²) in [4.78, 5) is 0. The molecule has 20 heavy (non-hydrogen) atoms. The monoisotopic (exact) mass is 258 g/mol. The number of benzene rings is 2. The van der Waals surface area contributed by atoms with Gasteiger partial charge in [0.15, 0.2) is 0 Å². The minimum absolute atomic E-state index is 0.543. The average molecular weight is 258 g/mol. The van der Waals surface area contributed by atoms with E-state index < -0.39 is 0 Å². The van der Waals surface area contributed by atoms with Crippen LogP contribution in [0.3, 0.4) is 0 Å². The second kappa shape index (κ2) is 5.03. The molecule has 0 spiro atoms. The summed E-state index contributed by atoms with van der Waals surface area (Å²) >= 11 is 0.